The SMILES string of the molecule is C=CC=N/C=C\C=C\c1cc(Oc2cc(C3=CC=CN=CC3)cc(C3(C)C=CC=CN=C3)c2)cc(C2(C)C=CC=CN=C2)c1. The van der Waals surface area contributed by atoms with Crippen LogP contribution < -0.4 is 4.74 Å². The molecule has 3 aliphatic heterocycles. The summed E-state index contributed by atoms with van der Waals surface area (Å²) >= 11 is 0. The minimum absolute atomic E-state index is 0.412. The van der Waals surface area contributed by atoms with E-state index in [-0.39, 0.29) is 0 Å². The van der Waals surface area contributed by atoms with Crippen molar-refractivity contribution in [3.8, 4) is 11.5 Å². The maximum Gasteiger partial charge on any atom is 0.128 e. The predicted octanol–water partition coefficient (Wildman–Crippen LogP) is 9.46. The summed E-state index contributed by atoms with van der Waals surface area (Å²) in [6.07, 6.45) is 39.3. The Morgan fingerprint density at radius 3 is 2.18 bits per heavy atom. The van der Waals surface area contributed by atoms with Gasteiger partial charge in [0.2, 0.25) is 0 Å². The van der Waals surface area contributed by atoms with E-state index in [4.69, 9.17) is 4.74 Å². The zero-order valence-corrected chi connectivity index (χ0v) is 25.1. The lowest BCUT2D eigenvalue weighted by atomic mass is 9.81. The number of nitrogens with zero attached hydrogens (tertiary/aromatic N) is 4. The molecule has 0 saturated heterocycles. The molecule has 0 aromatic heterocycles. The van der Waals surface area contributed by atoms with E-state index in [9.17, 15) is 0 Å². The normalized spacial score (nSPS) is 22.5. The van der Waals surface area contributed by atoms with Gasteiger partial charge in [0, 0.05) is 66.9 Å². The van der Waals surface area contributed by atoms with Crippen LogP contribution in [0.2, 0.25) is 0 Å². The van der Waals surface area contributed by atoms with Gasteiger partial charge in [-0.2, -0.15) is 0 Å². The van der Waals surface area contributed by atoms with E-state index in [0.29, 0.717) is 0 Å². The number of allylic oxidation sites excluding steroid dienone is 12. The summed E-state index contributed by atoms with van der Waals surface area (Å²) in [6, 6.07) is 12.7. The van der Waals surface area contributed by atoms with Crippen molar-refractivity contribution >= 4 is 36.5 Å². The van der Waals surface area contributed by atoms with Crippen LogP contribution in [0.1, 0.15) is 42.5 Å². The van der Waals surface area contributed by atoms with Gasteiger partial charge in [0.15, 0.2) is 0 Å². The molecule has 0 amide bonds. The molecular weight excluding hydrogens is 540 g/mol. The average Bonchev–Trinajstić information content (AvgIpc) is 3.53. The molecule has 0 radical (unpaired) electrons. The topological polar surface area (TPSA) is 58.7 Å². The molecule has 3 aliphatic rings. The van der Waals surface area contributed by atoms with Crippen LogP contribution in [0, 0.1) is 0 Å². The van der Waals surface area contributed by atoms with E-state index in [1.54, 1.807) is 30.9 Å². The number of benzene rings is 2. The maximum absolute atomic E-state index is 6.72. The molecule has 0 spiro atoms. The summed E-state index contributed by atoms with van der Waals surface area (Å²) in [6.45, 7) is 7.96. The van der Waals surface area contributed by atoms with Crippen molar-refractivity contribution in [3.05, 3.63) is 157 Å². The molecule has 5 nitrogen and oxygen atoms in total. The molecule has 2 atom stereocenters. The first kappa shape index (κ1) is 30.1. The molecule has 2 aromatic rings. The highest BCUT2D eigenvalue weighted by atomic mass is 16.5. The lowest BCUT2D eigenvalue weighted by Crippen LogP contribution is -2.21. The van der Waals surface area contributed by atoms with Crippen LogP contribution in [0.15, 0.2) is 155 Å². The van der Waals surface area contributed by atoms with Gasteiger partial charge >= 0.3 is 0 Å². The Kier molecular flexibility index (Phi) is 9.68. The van der Waals surface area contributed by atoms with Gasteiger partial charge in [-0.25, -0.2) is 0 Å². The molecule has 44 heavy (non-hydrogen) atoms. The fourth-order valence-electron chi connectivity index (χ4n) is 4.99. The molecule has 0 aliphatic carbocycles. The fourth-order valence-corrected chi connectivity index (χ4v) is 4.99. The highest BCUT2D eigenvalue weighted by Crippen LogP contribution is 2.37. The number of rotatable bonds is 9. The van der Waals surface area contributed by atoms with Crippen LogP contribution in [0.25, 0.3) is 11.6 Å². The number of ether oxygens (including phenoxy) is 1. The van der Waals surface area contributed by atoms with E-state index in [1.807, 2.05) is 79.5 Å². The lowest BCUT2D eigenvalue weighted by Gasteiger charge is -2.24. The Morgan fingerprint density at radius 1 is 0.773 bits per heavy atom. The van der Waals surface area contributed by atoms with Crippen LogP contribution in [0.3, 0.4) is 0 Å². The van der Waals surface area contributed by atoms with Crippen molar-refractivity contribution in [2.75, 3.05) is 0 Å². The van der Waals surface area contributed by atoms with E-state index in [1.165, 1.54) is 0 Å². The summed E-state index contributed by atoms with van der Waals surface area (Å²) < 4.78 is 6.72. The first-order chi connectivity index (χ1) is 21.5. The van der Waals surface area contributed by atoms with Crippen molar-refractivity contribution in [2.45, 2.75) is 31.1 Å². The van der Waals surface area contributed by atoms with Crippen molar-refractivity contribution in [3.63, 3.8) is 0 Å². The standard InChI is InChI=1S/C39H36N4O/c1-4-17-40-18-8-5-12-31-23-34(38(2)15-6-9-19-42-29-38)27-36(24-31)44-37-26-33(32-13-11-21-41-22-14-32)25-35(28-37)39(3)16-7-10-20-43-30-39/h4-13,15-30H,1,14H2,2-3H3/b12-5+,18-8-,40-17?. The summed E-state index contributed by atoms with van der Waals surface area (Å²) in [5.74, 6) is 1.47. The van der Waals surface area contributed by atoms with E-state index >= 15 is 0 Å². The quantitative estimate of drug-likeness (QED) is 0.217. The van der Waals surface area contributed by atoms with Gasteiger partial charge in [-0.3, -0.25) is 20.0 Å². The minimum atomic E-state index is -0.415. The Balaban J connectivity index is 1.58. The molecule has 218 valence electrons. The van der Waals surface area contributed by atoms with Gasteiger partial charge in [-0.15, -0.1) is 0 Å². The minimum Gasteiger partial charge on any atom is -0.457 e. The van der Waals surface area contributed by atoms with Gasteiger partial charge < -0.3 is 4.74 Å². The van der Waals surface area contributed by atoms with Gasteiger partial charge in [0.05, 0.1) is 0 Å². The highest BCUT2D eigenvalue weighted by molar-refractivity contribution is 5.84. The van der Waals surface area contributed by atoms with Gasteiger partial charge in [-0.05, 0) is 96.3 Å². The Labute approximate surface area is 260 Å². The molecule has 0 N–H and O–H groups in total. The van der Waals surface area contributed by atoms with Gasteiger partial charge in [0.1, 0.15) is 11.5 Å². The van der Waals surface area contributed by atoms with Crippen LogP contribution >= 0.6 is 0 Å². The Morgan fingerprint density at radius 2 is 1.45 bits per heavy atom. The summed E-state index contributed by atoms with van der Waals surface area (Å²) in [5, 5.41) is 0. The third kappa shape index (κ3) is 7.69. The average molecular weight is 577 g/mol. The first-order valence-corrected chi connectivity index (χ1v) is 14.6. The molecule has 0 fully saturated rings. The second-order valence-corrected chi connectivity index (χ2v) is 11.0. The Hall–Kier alpha value is -5.42. The zero-order chi connectivity index (χ0) is 30.7. The second-order valence-electron chi connectivity index (χ2n) is 11.0. The number of hydrogen-bond donors (Lipinski definition) is 0. The highest BCUT2D eigenvalue weighted by Gasteiger charge is 2.25. The van der Waals surface area contributed by atoms with Crippen molar-refractivity contribution in [1.29, 1.82) is 0 Å². The van der Waals surface area contributed by atoms with E-state index in [2.05, 4.69) is 89.0 Å². The predicted molar refractivity (Wildman–Crippen MR) is 188 cm³/mol. The first-order valence-electron chi connectivity index (χ1n) is 14.6. The summed E-state index contributed by atoms with van der Waals surface area (Å²) in [5.41, 5.74) is 4.55. The van der Waals surface area contributed by atoms with Crippen LogP contribution in [0.5, 0.6) is 11.5 Å². The molecule has 2 unspecified atom stereocenters. The fraction of sp³-hybridized carbons (Fsp3) is 0.128. The molecular formula is C39H36N4O. The van der Waals surface area contributed by atoms with Crippen LogP contribution in [-0.2, 0) is 10.8 Å². The van der Waals surface area contributed by atoms with Crippen LogP contribution in [0.4, 0.5) is 0 Å². The molecule has 5 rings (SSSR count). The maximum atomic E-state index is 6.72. The van der Waals surface area contributed by atoms with Gasteiger partial charge in [-0.1, -0.05) is 61.3 Å². The van der Waals surface area contributed by atoms with Crippen LogP contribution in [-0.4, -0.2) is 24.9 Å². The number of aliphatic imine (C=N–C) groups is 4. The summed E-state index contributed by atoms with van der Waals surface area (Å²) in [4.78, 5) is 17.5. The molecule has 0 bridgehead atoms. The molecule has 5 heteroatoms. The van der Waals surface area contributed by atoms with Crippen molar-refractivity contribution in [1.82, 2.24) is 0 Å². The van der Waals surface area contributed by atoms with Gasteiger partial charge in [0.25, 0.3) is 0 Å². The third-order valence-electron chi connectivity index (χ3n) is 7.47. The largest absolute Gasteiger partial charge is 0.457 e. The monoisotopic (exact) mass is 576 g/mol. The van der Waals surface area contributed by atoms with Crippen molar-refractivity contribution in [2.24, 2.45) is 20.0 Å². The zero-order valence-electron chi connectivity index (χ0n) is 25.1. The smallest absolute Gasteiger partial charge is 0.128 e. The number of hydrogen-bond acceptors (Lipinski definition) is 5. The molecule has 0 saturated carbocycles. The van der Waals surface area contributed by atoms with Crippen molar-refractivity contribution < 1.29 is 4.74 Å². The second kappa shape index (κ2) is 14.2. The van der Waals surface area contributed by atoms with E-state index < -0.39 is 10.8 Å². The molecule has 3 heterocycles. The summed E-state index contributed by atoms with van der Waals surface area (Å²) in [7, 11) is 0. The third-order valence-corrected chi connectivity index (χ3v) is 7.47. The lowest BCUT2D eigenvalue weighted by molar-refractivity contribution is 0.479. The Bertz CT molecular complexity index is 1720. The van der Waals surface area contributed by atoms with E-state index in [0.717, 1.165) is 45.7 Å². The molecule has 2 aromatic carbocycles.